The number of benzene rings is 1. The largest absolute Gasteiger partial charge is 0.265 e. The van der Waals surface area contributed by atoms with E-state index in [9.17, 15) is 17.2 Å². The summed E-state index contributed by atoms with van der Waals surface area (Å²) in [5, 5.41) is 0. The Morgan fingerprint density at radius 1 is 1.13 bits per heavy atom. The third-order valence-electron chi connectivity index (χ3n) is 5.35. The van der Waals surface area contributed by atoms with Gasteiger partial charge in [0.15, 0.2) is 11.6 Å². The van der Waals surface area contributed by atoms with Gasteiger partial charge in [0.05, 0.1) is 16.6 Å². The van der Waals surface area contributed by atoms with Gasteiger partial charge < -0.3 is 0 Å². The van der Waals surface area contributed by atoms with Gasteiger partial charge in [0.25, 0.3) is 0 Å². The minimum atomic E-state index is -4.05. The molecular weight excluding hydrogens is 422 g/mol. The van der Waals surface area contributed by atoms with Crippen molar-refractivity contribution < 1.29 is 17.2 Å². The van der Waals surface area contributed by atoms with Crippen molar-refractivity contribution in [3.05, 3.63) is 72.1 Å². The number of nitrogens with zero attached hydrogens (tertiary/aromatic N) is 4. The van der Waals surface area contributed by atoms with Gasteiger partial charge in [-0.15, -0.1) is 0 Å². The minimum absolute atomic E-state index is 0.272. The average Bonchev–Trinajstić information content (AvgIpc) is 3.27. The van der Waals surface area contributed by atoms with Crippen molar-refractivity contribution in [2.75, 3.05) is 6.54 Å². The van der Waals surface area contributed by atoms with Crippen molar-refractivity contribution in [3.8, 4) is 11.1 Å². The molecule has 162 valence electrons. The van der Waals surface area contributed by atoms with Crippen LogP contribution in [0.15, 0.2) is 53.8 Å². The highest BCUT2D eigenvalue weighted by atomic mass is 32.2. The van der Waals surface area contributed by atoms with Crippen molar-refractivity contribution in [3.63, 3.8) is 0 Å². The van der Waals surface area contributed by atoms with Crippen LogP contribution in [-0.4, -0.2) is 34.2 Å². The van der Waals surface area contributed by atoms with E-state index >= 15 is 0 Å². The summed E-state index contributed by atoms with van der Waals surface area (Å²) in [4.78, 5) is 13.0. The summed E-state index contributed by atoms with van der Waals surface area (Å²) in [5.41, 5.74) is 2.19. The summed E-state index contributed by atoms with van der Waals surface area (Å²) < 4.78 is 55.1. The van der Waals surface area contributed by atoms with Crippen molar-refractivity contribution in [2.24, 2.45) is 0 Å². The zero-order valence-electron chi connectivity index (χ0n) is 17.0. The van der Waals surface area contributed by atoms with Crippen LogP contribution >= 0.6 is 0 Å². The Hall–Kier alpha value is -2.78. The molecule has 1 aliphatic heterocycles. The molecule has 0 saturated carbocycles. The number of hydrogen-bond donors (Lipinski definition) is 0. The summed E-state index contributed by atoms with van der Waals surface area (Å²) in [6.07, 6.45) is 7.78. The minimum Gasteiger partial charge on any atom is -0.265 e. The highest BCUT2D eigenvalue weighted by Gasteiger charge is 2.38. The molecule has 0 N–H and O–H groups in total. The van der Waals surface area contributed by atoms with E-state index in [0.29, 0.717) is 30.8 Å². The SMILES string of the molecule is CCCc1ncc(-c2ccncc2)c([C@@H]2CCCN2S(=O)(=O)c2ccc(F)c(F)c2)n1. The van der Waals surface area contributed by atoms with E-state index in [0.717, 1.165) is 35.7 Å². The van der Waals surface area contributed by atoms with E-state index in [2.05, 4.69) is 9.97 Å². The summed E-state index contributed by atoms with van der Waals surface area (Å²) in [6, 6.07) is 5.77. The fraction of sp³-hybridized carbons (Fsp3) is 0.318. The van der Waals surface area contributed by atoms with Gasteiger partial charge in [-0.1, -0.05) is 6.92 Å². The molecule has 1 fully saturated rings. The standard InChI is InChI=1S/C22H22F2N4O2S/c1-2-4-21-26-14-17(15-8-10-25-11-9-15)22(27-21)20-5-3-12-28(20)31(29,30)16-6-7-18(23)19(24)13-16/h6-11,13-14,20H,2-5,12H2,1H3/t20-/m0/s1. The lowest BCUT2D eigenvalue weighted by atomic mass is 10.0. The highest BCUT2D eigenvalue weighted by Crippen LogP contribution is 2.39. The van der Waals surface area contributed by atoms with Crippen LogP contribution in [0, 0.1) is 11.6 Å². The maximum Gasteiger partial charge on any atom is 0.243 e. The quantitative estimate of drug-likeness (QED) is 0.567. The number of aromatic nitrogens is 3. The van der Waals surface area contributed by atoms with Crippen LogP contribution in [0.1, 0.15) is 43.7 Å². The second-order valence-electron chi connectivity index (χ2n) is 7.42. The van der Waals surface area contributed by atoms with Gasteiger partial charge in [-0.2, -0.15) is 4.31 Å². The molecule has 0 bridgehead atoms. The molecule has 0 spiro atoms. The summed E-state index contributed by atoms with van der Waals surface area (Å²) in [7, 11) is -4.05. The zero-order chi connectivity index (χ0) is 22.0. The normalized spacial score (nSPS) is 17.2. The molecule has 1 atom stereocenters. The molecule has 3 heterocycles. The molecule has 0 amide bonds. The Morgan fingerprint density at radius 3 is 2.61 bits per heavy atom. The lowest BCUT2D eigenvalue weighted by molar-refractivity contribution is 0.389. The van der Waals surface area contributed by atoms with Crippen LogP contribution in [0.25, 0.3) is 11.1 Å². The predicted octanol–water partition coefficient (Wildman–Crippen LogP) is 4.30. The molecule has 2 aromatic heterocycles. The number of halogens is 2. The van der Waals surface area contributed by atoms with Gasteiger partial charge in [-0.25, -0.2) is 27.2 Å². The van der Waals surface area contributed by atoms with Gasteiger partial charge in [0, 0.05) is 37.1 Å². The molecule has 0 unspecified atom stereocenters. The van der Waals surface area contributed by atoms with Crippen LogP contribution in [0.4, 0.5) is 8.78 Å². The number of sulfonamides is 1. The number of aryl methyl sites for hydroxylation is 1. The van der Waals surface area contributed by atoms with E-state index in [1.165, 1.54) is 4.31 Å². The van der Waals surface area contributed by atoms with Crippen molar-refractivity contribution >= 4 is 10.0 Å². The average molecular weight is 445 g/mol. The van der Waals surface area contributed by atoms with Crippen LogP contribution < -0.4 is 0 Å². The smallest absolute Gasteiger partial charge is 0.243 e. The first-order valence-electron chi connectivity index (χ1n) is 10.1. The molecule has 1 aromatic carbocycles. The van der Waals surface area contributed by atoms with E-state index in [-0.39, 0.29) is 11.4 Å². The van der Waals surface area contributed by atoms with E-state index in [1.807, 2.05) is 19.1 Å². The molecule has 0 radical (unpaired) electrons. The second-order valence-corrected chi connectivity index (χ2v) is 9.31. The van der Waals surface area contributed by atoms with Crippen LogP contribution in [-0.2, 0) is 16.4 Å². The molecule has 9 heteroatoms. The number of pyridine rings is 1. The third kappa shape index (κ3) is 4.20. The molecule has 3 aromatic rings. The third-order valence-corrected chi connectivity index (χ3v) is 7.25. The molecule has 6 nitrogen and oxygen atoms in total. The maximum absolute atomic E-state index is 13.8. The van der Waals surface area contributed by atoms with Gasteiger partial charge in [-0.3, -0.25) is 4.98 Å². The molecular formula is C22H22F2N4O2S. The first kappa shape index (κ1) is 21.5. The molecule has 31 heavy (non-hydrogen) atoms. The van der Waals surface area contributed by atoms with Gasteiger partial charge in [0.1, 0.15) is 5.82 Å². The first-order valence-corrected chi connectivity index (χ1v) is 11.6. The Morgan fingerprint density at radius 2 is 1.90 bits per heavy atom. The molecule has 1 aliphatic rings. The number of rotatable bonds is 6. The van der Waals surface area contributed by atoms with Crippen molar-refractivity contribution in [1.29, 1.82) is 0 Å². The lowest BCUT2D eigenvalue weighted by Gasteiger charge is -2.25. The predicted molar refractivity (Wildman–Crippen MR) is 111 cm³/mol. The van der Waals surface area contributed by atoms with Gasteiger partial charge in [0.2, 0.25) is 10.0 Å². The molecule has 1 saturated heterocycles. The van der Waals surface area contributed by atoms with Crippen molar-refractivity contribution in [2.45, 2.75) is 43.5 Å². The Bertz CT molecular complexity index is 1190. The fourth-order valence-electron chi connectivity index (χ4n) is 3.86. The summed E-state index contributed by atoms with van der Waals surface area (Å²) in [5.74, 6) is -1.63. The zero-order valence-corrected chi connectivity index (χ0v) is 17.8. The number of hydrogen-bond acceptors (Lipinski definition) is 5. The topological polar surface area (TPSA) is 76.1 Å². The van der Waals surface area contributed by atoms with E-state index in [1.54, 1.807) is 18.6 Å². The Balaban J connectivity index is 1.80. The van der Waals surface area contributed by atoms with Crippen LogP contribution in [0.3, 0.4) is 0 Å². The second kappa shape index (κ2) is 8.76. The van der Waals surface area contributed by atoms with Crippen LogP contribution in [0.5, 0.6) is 0 Å². The van der Waals surface area contributed by atoms with Crippen LogP contribution in [0.2, 0.25) is 0 Å². The highest BCUT2D eigenvalue weighted by molar-refractivity contribution is 7.89. The first-order chi connectivity index (χ1) is 14.9. The summed E-state index contributed by atoms with van der Waals surface area (Å²) in [6.45, 7) is 2.30. The Labute approximate surface area is 180 Å². The van der Waals surface area contributed by atoms with Gasteiger partial charge >= 0.3 is 0 Å². The lowest BCUT2D eigenvalue weighted by Crippen LogP contribution is -2.31. The molecule has 0 aliphatic carbocycles. The van der Waals surface area contributed by atoms with E-state index in [4.69, 9.17) is 4.98 Å². The van der Waals surface area contributed by atoms with E-state index < -0.39 is 27.7 Å². The summed E-state index contributed by atoms with van der Waals surface area (Å²) >= 11 is 0. The maximum atomic E-state index is 13.8. The fourth-order valence-corrected chi connectivity index (χ4v) is 5.53. The Kier molecular flexibility index (Phi) is 6.06. The monoisotopic (exact) mass is 444 g/mol. The molecule has 4 rings (SSSR count). The van der Waals surface area contributed by atoms with Gasteiger partial charge in [-0.05, 0) is 55.2 Å². The van der Waals surface area contributed by atoms with Crippen molar-refractivity contribution in [1.82, 2.24) is 19.3 Å².